The molecule has 88 valence electrons. The summed E-state index contributed by atoms with van der Waals surface area (Å²) in [6.45, 7) is 0.300. The van der Waals surface area contributed by atoms with E-state index in [4.69, 9.17) is 22.1 Å². The Bertz CT molecular complexity index is 531. The Balaban J connectivity index is 2.08. The third-order valence-corrected chi connectivity index (χ3v) is 2.60. The van der Waals surface area contributed by atoms with Crippen LogP contribution >= 0.6 is 11.6 Å². The Labute approximate surface area is 104 Å². The molecule has 0 saturated heterocycles. The number of hydrogen-bond donors (Lipinski definition) is 1. The summed E-state index contributed by atoms with van der Waals surface area (Å²) in [7, 11) is 0. The maximum absolute atomic E-state index is 12.9. The van der Waals surface area contributed by atoms with E-state index in [0.29, 0.717) is 17.4 Å². The average molecular weight is 252 g/mol. The zero-order valence-electron chi connectivity index (χ0n) is 8.99. The number of hydrogen-bond acceptors (Lipinski definition) is 2. The Kier molecular flexibility index (Phi) is 3.49. The van der Waals surface area contributed by atoms with Crippen LogP contribution in [0.1, 0.15) is 5.56 Å². The van der Waals surface area contributed by atoms with E-state index >= 15 is 0 Å². The highest BCUT2D eigenvalue weighted by Crippen LogP contribution is 2.24. The molecule has 0 heterocycles. The van der Waals surface area contributed by atoms with Crippen LogP contribution < -0.4 is 10.5 Å². The van der Waals surface area contributed by atoms with Gasteiger partial charge in [-0.15, -0.1) is 0 Å². The van der Waals surface area contributed by atoms with Crippen LogP contribution in [0.4, 0.5) is 10.1 Å². The van der Waals surface area contributed by atoms with Crippen molar-refractivity contribution in [2.75, 3.05) is 5.73 Å². The van der Waals surface area contributed by atoms with Crippen molar-refractivity contribution in [1.82, 2.24) is 0 Å². The molecule has 17 heavy (non-hydrogen) atoms. The van der Waals surface area contributed by atoms with Crippen molar-refractivity contribution in [3.8, 4) is 5.75 Å². The number of ether oxygens (including phenoxy) is 1. The molecule has 0 aliphatic rings. The summed E-state index contributed by atoms with van der Waals surface area (Å²) >= 11 is 5.94. The fourth-order valence-corrected chi connectivity index (χ4v) is 1.60. The Morgan fingerprint density at radius 2 is 1.94 bits per heavy atom. The maximum atomic E-state index is 12.9. The van der Waals surface area contributed by atoms with Gasteiger partial charge in [0.2, 0.25) is 0 Å². The van der Waals surface area contributed by atoms with Crippen LogP contribution in [-0.4, -0.2) is 0 Å². The topological polar surface area (TPSA) is 35.2 Å². The maximum Gasteiger partial charge on any atom is 0.146 e. The molecule has 2 N–H and O–H groups in total. The summed E-state index contributed by atoms with van der Waals surface area (Å²) < 4.78 is 18.4. The van der Waals surface area contributed by atoms with Crippen LogP contribution in [0.3, 0.4) is 0 Å². The van der Waals surface area contributed by atoms with Crippen LogP contribution in [0.25, 0.3) is 0 Å². The molecule has 0 spiro atoms. The van der Waals surface area contributed by atoms with Crippen molar-refractivity contribution in [3.05, 3.63) is 58.9 Å². The van der Waals surface area contributed by atoms with E-state index in [-0.39, 0.29) is 5.69 Å². The predicted octanol–water partition coefficient (Wildman–Crippen LogP) is 3.64. The number of anilines is 1. The molecule has 2 aromatic carbocycles. The molecule has 0 atom stereocenters. The lowest BCUT2D eigenvalue weighted by molar-refractivity contribution is 0.306. The van der Waals surface area contributed by atoms with Crippen molar-refractivity contribution in [1.29, 1.82) is 0 Å². The minimum atomic E-state index is -0.425. The first-order valence-electron chi connectivity index (χ1n) is 5.08. The van der Waals surface area contributed by atoms with E-state index in [1.807, 2.05) is 12.1 Å². The van der Waals surface area contributed by atoms with E-state index in [9.17, 15) is 4.39 Å². The molecule has 0 bridgehead atoms. The zero-order valence-corrected chi connectivity index (χ0v) is 9.75. The summed E-state index contributed by atoms with van der Waals surface area (Å²) in [4.78, 5) is 0. The second-order valence-electron chi connectivity index (χ2n) is 3.57. The number of benzene rings is 2. The van der Waals surface area contributed by atoms with E-state index in [2.05, 4.69) is 0 Å². The fraction of sp³-hybridized carbons (Fsp3) is 0.0769. The molecule has 2 nitrogen and oxygen atoms in total. The molecule has 4 heteroatoms. The molecule has 0 unspecified atom stereocenters. The van der Waals surface area contributed by atoms with Crippen LogP contribution in [0.5, 0.6) is 5.75 Å². The van der Waals surface area contributed by atoms with Gasteiger partial charge in [-0.25, -0.2) is 4.39 Å². The van der Waals surface area contributed by atoms with Gasteiger partial charge in [-0.05, 0) is 29.8 Å². The number of nitrogen functional groups attached to an aromatic ring is 1. The van der Waals surface area contributed by atoms with E-state index < -0.39 is 5.82 Å². The second kappa shape index (κ2) is 5.06. The Morgan fingerprint density at radius 1 is 1.18 bits per heavy atom. The zero-order chi connectivity index (χ0) is 12.3. The minimum Gasteiger partial charge on any atom is -0.487 e. The van der Waals surface area contributed by atoms with Crippen LogP contribution in [0.2, 0.25) is 5.02 Å². The van der Waals surface area contributed by atoms with Crippen molar-refractivity contribution in [2.24, 2.45) is 0 Å². The third kappa shape index (κ3) is 2.88. The van der Waals surface area contributed by atoms with Crippen molar-refractivity contribution in [2.45, 2.75) is 6.61 Å². The molecular weight excluding hydrogens is 241 g/mol. The monoisotopic (exact) mass is 251 g/mol. The van der Waals surface area contributed by atoms with Crippen molar-refractivity contribution in [3.63, 3.8) is 0 Å². The minimum absolute atomic E-state index is 0.116. The lowest BCUT2D eigenvalue weighted by Gasteiger charge is -2.08. The van der Waals surface area contributed by atoms with Gasteiger partial charge in [0.15, 0.2) is 0 Å². The molecule has 0 aliphatic carbocycles. The summed E-state index contributed by atoms with van der Waals surface area (Å²) in [6, 6.07) is 11.7. The number of para-hydroxylation sites is 1. The number of nitrogens with two attached hydrogens (primary N) is 1. The largest absolute Gasteiger partial charge is 0.487 e. The molecule has 0 aromatic heterocycles. The van der Waals surface area contributed by atoms with Gasteiger partial charge in [0, 0.05) is 0 Å². The normalized spacial score (nSPS) is 10.2. The highest BCUT2D eigenvalue weighted by Gasteiger charge is 2.03. The Morgan fingerprint density at radius 3 is 2.65 bits per heavy atom. The molecule has 0 fully saturated rings. The van der Waals surface area contributed by atoms with Gasteiger partial charge in [0.05, 0.1) is 10.7 Å². The summed E-state index contributed by atoms with van der Waals surface area (Å²) in [5.74, 6) is 0.170. The number of halogens is 2. The summed E-state index contributed by atoms with van der Waals surface area (Å²) in [5.41, 5.74) is 6.37. The van der Waals surface area contributed by atoms with Crippen molar-refractivity contribution >= 4 is 17.3 Å². The highest BCUT2D eigenvalue weighted by atomic mass is 35.5. The van der Waals surface area contributed by atoms with Crippen LogP contribution in [0.15, 0.2) is 42.5 Å². The van der Waals surface area contributed by atoms with Gasteiger partial charge in [0.25, 0.3) is 0 Å². The average Bonchev–Trinajstić information content (AvgIpc) is 2.32. The van der Waals surface area contributed by atoms with Crippen molar-refractivity contribution < 1.29 is 9.13 Å². The predicted molar refractivity (Wildman–Crippen MR) is 66.6 cm³/mol. The van der Waals surface area contributed by atoms with Gasteiger partial charge in [-0.1, -0.05) is 29.8 Å². The van der Waals surface area contributed by atoms with Crippen LogP contribution in [0, 0.1) is 5.82 Å². The molecule has 0 amide bonds. The second-order valence-corrected chi connectivity index (χ2v) is 3.98. The molecule has 2 aromatic rings. The van der Waals surface area contributed by atoms with Gasteiger partial charge >= 0.3 is 0 Å². The highest BCUT2D eigenvalue weighted by molar-refractivity contribution is 6.32. The van der Waals surface area contributed by atoms with Gasteiger partial charge in [0.1, 0.15) is 18.2 Å². The molecule has 2 rings (SSSR count). The summed E-state index contributed by atoms with van der Waals surface area (Å²) in [5, 5.41) is 0.544. The van der Waals surface area contributed by atoms with Crippen LogP contribution in [-0.2, 0) is 6.61 Å². The molecule has 0 aliphatic heterocycles. The molecule has 0 radical (unpaired) electrons. The quantitative estimate of drug-likeness (QED) is 0.846. The first kappa shape index (κ1) is 11.7. The first-order valence-corrected chi connectivity index (χ1v) is 5.46. The van der Waals surface area contributed by atoms with Gasteiger partial charge < -0.3 is 10.5 Å². The lowest BCUT2D eigenvalue weighted by atomic mass is 10.2. The number of rotatable bonds is 3. The molecule has 0 saturated carbocycles. The van der Waals surface area contributed by atoms with Gasteiger partial charge in [-0.3, -0.25) is 0 Å². The van der Waals surface area contributed by atoms with E-state index in [1.54, 1.807) is 24.3 Å². The summed E-state index contributed by atoms with van der Waals surface area (Å²) in [6.07, 6.45) is 0. The third-order valence-electron chi connectivity index (χ3n) is 2.29. The van der Waals surface area contributed by atoms with E-state index in [0.717, 1.165) is 5.56 Å². The SMILES string of the molecule is Nc1cc(COc2ccccc2Cl)ccc1F. The fourth-order valence-electron chi connectivity index (χ4n) is 1.41. The van der Waals surface area contributed by atoms with Gasteiger partial charge in [-0.2, -0.15) is 0 Å². The molecular formula is C13H11ClFNO. The standard InChI is InChI=1S/C13H11ClFNO/c14-10-3-1-2-4-13(10)17-8-9-5-6-11(15)12(16)7-9/h1-7H,8,16H2. The lowest BCUT2D eigenvalue weighted by Crippen LogP contribution is -1.98. The first-order chi connectivity index (χ1) is 8.16. The Hall–Kier alpha value is -1.74. The van der Waals surface area contributed by atoms with E-state index in [1.165, 1.54) is 6.07 Å². The smallest absolute Gasteiger partial charge is 0.146 e.